The quantitative estimate of drug-likeness (QED) is 0.708. The number of benzene rings is 2. The molecule has 3 aliphatic carbocycles. The van der Waals surface area contributed by atoms with Gasteiger partial charge in [-0.15, -0.1) is 0 Å². The molecule has 7 heteroatoms. The number of fused-ring (bicyclic) bond motifs is 4. The number of hydrogen-bond donors (Lipinski definition) is 2. The van der Waals surface area contributed by atoms with Crippen molar-refractivity contribution in [1.82, 2.24) is 10.2 Å². The normalized spacial score (nSPS) is 25.9. The molecule has 2 aromatic carbocycles. The standard InChI is InChI=1S/C27H28N2O5/c30-24(31)23-16-13-22(23)29(14-16)25(32)27(11-5-6-12-27)28-26(33)34-15-21-19-9-3-1-7-17(19)18-8-2-4-10-20(18)21/h1-4,7-10,16,21-23H,5-6,11-15H2,(H,28,33)(H,30,31). The Balaban J connectivity index is 1.16. The van der Waals surface area contributed by atoms with Crippen LogP contribution in [0.5, 0.6) is 0 Å². The van der Waals surface area contributed by atoms with E-state index in [1.54, 1.807) is 4.90 Å². The molecule has 176 valence electrons. The molecule has 2 N–H and O–H groups in total. The van der Waals surface area contributed by atoms with Crippen LogP contribution in [-0.4, -0.2) is 52.7 Å². The fourth-order valence-corrected chi connectivity index (χ4v) is 6.69. The summed E-state index contributed by atoms with van der Waals surface area (Å²) in [5.74, 6) is -1.47. The van der Waals surface area contributed by atoms with Gasteiger partial charge in [-0.1, -0.05) is 61.4 Å². The molecule has 7 nitrogen and oxygen atoms in total. The van der Waals surface area contributed by atoms with Gasteiger partial charge in [0.2, 0.25) is 5.91 Å². The molecule has 2 amide bonds. The summed E-state index contributed by atoms with van der Waals surface area (Å²) in [4.78, 5) is 39.8. The van der Waals surface area contributed by atoms with Gasteiger partial charge in [0.05, 0.1) is 5.92 Å². The Labute approximate surface area is 198 Å². The number of nitrogens with zero attached hydrogens (tertiary/aromatic N) is 1. The van der Waals surface area contributed by atoms with Crippen molar-refractivity contribution in [2.75, 3.05) is 13.2 Å². The van der Waals surface area contributed by atoms with Crippen LogP contribution in [0, 0.1) is 11.8 Å². The topological polar surface area (TPSA) is 95.9 Å². The van der Waals surface area contributed by atoms with E-state index in [0.717, 1.165) is 41.5 Å². The molecule has 2 saturated heterocycles. The predicted octanol–water partition coefficient (Wildman–Crippen LogP) is 3.77. The van der Waals surface area contributed by atoms with Gasteiger partial charge in [0.15, 0.2) is 0 Å². The SMILES string of the molecule is O=C(NC1(C(=O)N2CC3CC2C3C(=O)O)CCCC1)OCC1c2ccccc2-c2ccccc21. The zero-order chi connectivity index (χ0) is 23.4. The Kier molecular flexibility index (Phi) is 4.90. The van der Waals surface area contributed by atoms with Gasteiger partial charge in [-0.25, -0.2) is 4.79 Å². The molecule has 2 saturated carbocycles. The number of carboxylic acids is 1. The second-order valence-corrected chi connectivity index (χ2v) is 10.1. The van der Waals surface area contributed by atoms with E-state index in [9.17, 15) is 19.5 Å². The van der Waals surface area contributed by atoms with Gasteiger partial charge in [-0.2, -0.15) is 0 Å². The van der Waals surface area contributed by atoms with Crippen LogP contribution in [0.3, 0.4) is 0 Å². The van der Waals surface area contributed by atoms with E-state index in [0.29, 0.717) is 19.4 Å². The average Bonchev–Trinajstić information content (AvgIpc) is 3.59. The van der Waals surface area contributed by atoms with Crippen molar-refractivity contribution in [1.29, 1.82) is 0 Å². The lowest BCUT2D eigenvalue weighted by molar-refractivity contribution is -0.149. The second kappa shape index (κ2) is 7.86. The van der Waals surface area contributed by atoms with Crippen LogP contribution < -0.4 is 5.32 Å². The highest BCUT2D eigenvalue weighted by molar-refractivity contribution is 5.92. The number of hydrogen-bond acceptors (Lipinski definition) is 4. The third-order valence-electron chi connectivity index (χ3n) is 8.40. The lowest BCUT2D eigenvalue weighted by atomic mass is 9.74. The Bertz CT molecular complexity index is 1130. The van der Waals surface area contributed by atoms with Crippen LogP contribution in [0.25, 0.3) is 11.1 Å². The summed E-state index contributed by atoms with van der Waals surface area (Å²) >= 11 is 0. The Morgan fingerprint density at radius 1 is 1.00 bits per heavy atom. The molecule has 2 aromatic rings. The fourth-order valence-electron chi connectivity index (χ4n) is 6.69. The molecule has 0 spiro atoms. The summed E-state index contributed by atoms with van der Waals surface area (Å²) in [7, 11) is 0. The molecule has 5 aliphatic rings. The van der Waals surface area contributed by atoms with Gasteiger partial charge in [-0.05, 0) is 47.4 Å². The van der Waals surface area contributed by atoms with Crippen LogP contribution in [0.2, 0.25) is 0 Å². The van der Waals surface area contributed by atoms with Crippen LogP contribution in [-0.2, 0) is 14.3 Å². The first-order valence-electron chi connectivity index (χ1n) is 12.2. The number of carbonyl (C=O) groups excluding carboxylic acids is 2. The van der Waals surface area contributed by atoms with Crippen molar-refractivity contribution < 1.29 is 24.2 Å². The molecular weight excluding hydrogens is 432 g/mol. The number of rotatable bonds is 5. The van der Waals surface area contributed by atoms with Gasteiger partial charge in [0.25, 0.3) is 0 Å². The summed E-state index contributed by atoms with van der Waals surface area (Å²) in [6.45, 7) is 0.661. The van der Waals surface area contributed by atoms with E-state index in [4.69, 9.17) is 4.74 Å². The number of aliphatic carboxylic acids is 1. The second-order valence-electron chi connectivity index (χ2n) is 10.1. The highest BCUT2D eigenvalue weighted by Crippen LogP contribution is 2.48. The predicted molar refractivity (Wildman–Crippen MR) is 124 cm³/mol. The minimum absolute atomic E-state index is 0.0272. The summed E-state index contributed by atoms with van der Waals surface area (Å²) < 4.78 is 5.72. The monoisotopic (exact) mass is 460 g/mol. The number of nitrogens with one attached hydrogen (secondary N) is 1. The molecule has 2 heterocycles. The first-order chi connectivity index (χ1) is 16.5. The lowest BCUT2D eigenvalue weighted by Gasteiger charge is -2.37. The van der Waals surface area contributed by atoms with E-state index >= 15 is 0 Å². The van der Waals surface area contributed by atoms with Gasteiger partial charge >= 0.3 is 12.1 Å². The molecular formula is C27H28N2O5. The van der Waals surface area contributed by atoms with Crippen LogP contribution in [0.15, 0.2) is 48.5 Å². The summed E-state index contributed by atoms with van der Waals surface area (Å²) in [5.41, 5.74) is 3.61. The van der Waals surface area contributed by atoms with E-state index in [1.807, 2.05) is 24.3 Å². The number of amides is 2. The number of ether oxygens (including phenoxy) is 1. The van der Waals surface area contributed by atoms with Gasteiger partial charge < -0.3 is 20.1 Å². The van der Waals surface area contributed by atoms with Crippen molar-refractivity contribution in [2.45, 2.75) is 49.6 Å². The van der Waals surface area contributed by atoms with Crippen molar-refractivity contribution >= 4 is 18.0 Å². The summed E-state index contributed by atoms with van der Waals surface area (Å²) in [5, 5.41) is 12.4. The molecule has 4 fully saturated rings. The summed E-state index contributed by atoms with van der Waals surface area (Å²) in [6, 6.07) is 16.1. The zero-order valence-electron chi connectivity index (χ0n) is 18.9. The zero-order valence-corrected chi connectivity index (χ0v) is 18.9. The molecule has 34 heavy (non-hydrogen) atoms. The molecule has 2 aliphatic heterocycles. The van der Waals surface area contributed by atoms with Crippen LogP contribution >= 0.6 is 0 Å². The molecule has 0 radical (unpaired) electrons. The van der Waals surface area contributed by atoms with E-state index in [1.165, 1.54) is 0 Å². The Morgan fingerprint density at radius 3 is 2.21 bits per heavy atom. The lowest BCUT2D eigenvalue weighted by Crippen LogP contribution is -2.59. The van der Waals surface area contributed by atoms with E-state index in [-0.39, 0.29) is 30.4 Å². The molecule has 7 rings (SSSR count). The number of carboxylic acid groups (broad SMARTS) is 1. The van der Waals surface area contributed by atoms with Crippen LogP contribution in [0.4, 0.5) is 4.79 Å². The Morgan fingerprint density at radius 2 is 1.62 bits per heavy atom. The molecule has 3 unspecified atom stereocenters. The van der Waals surface area contributed by atoms with Crippen molar-refractivity contribution in [3.8, 4) is 11.1 Å². The van der Waals surface area contributed by atoms with E-state index in [2.05, 4.69) is 29.6 Å². The maximum Gasteiger partial charge on any atom is 0.408 e. The highest BCUT2D eigenvalue weighted by Gasteiger charge is 2.60. The first-order valence-corrected chi connectivity index (χ1v) is 12.2. The third kappa shape index (κ3) is 3.13. The molecule has 3 atom stereocenters. The summed E-state index contributed by atoms with van der Waals surface area (Å²) in [6.07, 6.45) is 2.96. The van der Waals surface area contributed by atoms with Gasteiger partial charge in [-0.3, -0.25) is 9.59 Å². The third-order valence-corrected chi connectivity index (χ3v) is 8.40. The number of alkyl carbamates (subject to hydrolysis) is 1. The van der Waals surface area contributed by atoms with Crippen molar-refractivity contribution in [2.24, 2.45) is 11.8 Å². The highest BCUT2D eigenvalue weighted by atomic mass is 16.5. The number of carbonyl (C=O) groups is 3. The van der Waals surface area contributed by atoms with Crippen molar-refractivity contribution in [3.63, 3.8) is 0 Å². The maximum absolute atomic E-state index is 13.6. The van der Waals surface area contributed by atoms with Crippen LogP contribution in [0.1, 0.15) is 49.1 Å². The van der Waals surface area contributed by atoms with Crippen molar-refractivity contribution in [3.05, 3.63) is 59.7 Å². The van der Waals surface area contributed by atoms with Gasteiger partial charge in [0.1, 0.15) is 12.1 Å². The largest absolute Gasteiger partial charge is 0.481 e. The van der Waals surface area contributed by atoms with E-state index < -0.39 is 23.5 Å². The molecule has 2 bridgehead atoms. The maximum atomic E-state index is 13.6. The van der Waals surface area contributed by atoms with Gasteiger partial charge in [0, 0.05) is 18.5 Å². The first kappa shape index (κ1) is 21.2. The smallest absolute Gasteiger partial charge is 0.408 e. The minimum Gasteiger partial charge on any atom is -0.481 e. The Hall–Kier alpha value is -3.35. The fraction of sp³-hybridized carbons (Fsp3) is 0.444. The molecule has 0 aromatic heterocycles. The average molecular weight is 461 g/mol. The minimum atomic E-state index is -0.997.